The molecule has 21 heavy (non-hydrogen) atoms. The minimum Gasteiger partial charge on any atom is -0.379 e. The van der Waals surface area contributed by atoms with Crippen molar-refractivity contribution >= 4 is 20.1 Å². The van der Waals surface area contributed by atoms with Gasteiger partial charge in [0.15, 0.2) is 0 Å². The van der Waals surface area contributed by atoms with Gasteiger partial charge in [0, 0.05) is 0 Å². The molecule has 0 aliphatic carbocycles. The smallest absolute Gasteiger partial charge is 0.339 e. The zero-order valence-corrected chi connectivity index (χ0v) is 12.7. The third kappa shape index (κ3) is 3.81. The topological polar surface area (TPSA) is 104 Å². The standard InChI is InChI=1S/C13H13NO5S2/c1-10-2-6-13(7-3-10)21(17,18)19-11-4-8-12(9-5-11)20(14,15)16/h2-9H,1H3,(H2,14,15,16). The van der Waals surface area contributed by atoms with Gasteiger partial charge < -0.3 is 4.18 Å². The summed E-state index contributed by atoms with van der Waals surface area (Å²) in [6.07, 6.45) is 0. The molecule has 0 heterocycles. The van der Waals surface area contributed by atoms with Crippen molar-refractivity contribution in [3.05, 3.63) is 54.1 Å². The van der Waals surface area contributed by atoms with Crippen molar-refractivity contribution < 1.29 is 21.0 Å². The van der Waals surface area contributed by atoms with Crippen LogP contribution in [0.15, 0.2) is 58.3 Å². The van der Waals surface area contributed by atoms with Gasteiger partial charge in [-0.25, -0.2) is 13.6 Å². The monoisotopic (exact) mass is 327 g/mol. The summed E-state index contributed by atoms with van der Waals surface area (Å²) in [6.45, 7) is 1.84. The van der Waals surface area contributed by atoms with Crippen LogP contribution in [0.1, 0.15) is 5.56 Å². The number of primary sulfonamides is 1. The van der Waals surface area contributed by atoms with Gasteiger partial charge in [0.25, 0.3) is 0 Å². The largest absolute Gasteiger partial charge is 0.379 e. The SMILES string of the molecule is Cc1ccc(S(=O)(=O)Oc2ccc(S(N)(=O)=O)cc2)cc1. The van der Waals surface area contributed by atoms with E-state index in [0.717, 1.165) is 5.56 Å². The number of benzene rings is 2. The summed E-state index contributed by atoms with van der Waals surface area (Å²) in [4.78, 5) is -0.105. The minimum atomic E-state index is -3.96. The first-order chi connectivity index (χ1) is 9.68. The molecule has 0 aliphatic rings. The van der Waals surface area contributed by atoms with E-state index in [-0.39, 0.29) is 15.5 Å². The molecule has 0 atom stereocenters. The van der Waals surface area contributed by atoms with E-state index in [0.29, 0.717) is 0 Å². The molecule has 6 nitrogen and oxygen atoms in total. The van der Waals surface area contributed by atoms with E-state index in [9.17, 15) is 16.8 Å². The Labute approximate surface area is 123 Å². The lowest BCUT2D eigenvalue weighted by molar-refractivity contribution is 0.486. The molecule has 0 aliphatic heterocycles. The number of rotatable bonds is 4. The van der Waals surface area contributed by atoms with Gasteiger partial charge in [0.1, 0.15) is 10.6 Å². The Bertz CT molecular complexity index is 838. The lowest BCUT2D eigenvalue weighted by Gasteiger charge is -2.07. The Morgan fingerprint density at radius 3 is 1.76 bits per heavy atom. The Morgan fingerprint density at radius 1 is 0.810 bits per heavy atom. The van der Waals surface area contributed by atoms with Gasteiger partial charge in [-0.1, -0.05) is 17.7 Å². The number of sulfonamides is 1. The first-order valence-corrected chi connectivity index (χ1v) is 8.78. The number of hydrogen-bond acceptors (Lipinski definition) is 5. The fraction of sp³-hybridized carbons (Fsp3) is 0.0769. The van der Waals surface area contributed by atoms with Crippen LogP contribution in [0.3, 0.4) is 0 Å². The van der Waals surface area contributed by atoms with E-state index >= 15 is 0 Å². The maximum Gasteiger partial charge on any atom is 0.339 e. The molecule has 112 valence electrons. The second-order valence-corrected chi connectivity index (χ2v) is 7.47. The number of aryl methyl sites for hydroxylation is 1. The van der Waals surface area contributed by atoms with Crippen molar-refractivity contribution in [3.63, 3.8) is 0 Å². The predicted molar refractivity (Wildman–Crippen MR) is 76.8 cm³/mol. The highest BCUT2D eigenvalue weighted by Gasteiger charge is 2.17. The third-order valence-corrected chi connectivity index (χ3v) is 4.86. The van der Waals surface area contributed by atoms with Gasteiger partial charge in [0.05, 0.1) is 4.90 Å². The van der Waals surface area contributed by atoms with Crippen molar-refractivity contribution in [2.24, 2.45) is 5.14 Å². The summed E-state index contributed by atoms with van der Waals surface area (Å²) >= 11 is 0. The van der Waals surface area contributed by atoms with Crippen LogP contribution in [-0.2, 0) is 20.1 Å². The van der Waals surface area contributed by atoms with E-state index in [1.54, 1.807) is 12.1 Å². The van der Waals surface area contributed by atoms with Crippen molar-refractivity contribution in [2.45, 2.75) is 16.7 Å². The van der Waals surface area contributed by atoms with Crippen LogP contribution in [0, 0.1) is 6.92 Å². The number of hydrogen-bond donors (Lipinski definition) is 1. The van der Waals surface area contributed by atoms with Gasteiger partial charge in [-0.2, -0.15) is 8.42 Å². The van der Waals surface area contributed by atoms with E-state index in [1.807, 2.05) is 6.92 Å². The van der Waals surface area contributed by atoms with E-state index in [2.05, 4.69) is 0 Å². The van der Waals surface area contributed by atoms with E-state index in [1.165, 1.54) is 36.4 Å². The molecular weight excluding hydrogens is 314 g/mol. The molecule has 0 amide bonds. The van der Waals surface area contributed by atoms with Crippen molar-refractivity contribution in [3.8, 4) is 5.75 Å². The molecule has 2 aromatic rings. The summed E-state index contributed by atoms with van der Waals surface area (Å²) in [5, 5.41) is 4.95. The Kier molecular flexibility index (Phi) is 4.04. The highest BCUT2D eigenvalue weighted by molar-refractivity contribution is 7.89. The Hall–Kier alpha value is -1.90. The fourth-order valence-electron chi connectivity index (χ4n) is 1.56. The molecule has 0 spiro atoms. The first-order valence-electron chi connectivity index (χ1n) is 5.82. The second-order valence-electron chi connectivity index (χ2n) is 4.37. The van der Waals surface area contributed by atoms with Crippen LogP contribution in [-0.4, -0.2) is 16.8 Å². The highest BCUT2D eigenvalue weighted by atomic mass is 32.2. The van der Waals surface area contributed by atoms with Crippen LogP contribution < -0.4 is 9.32 Å². The first kappa shape index (κ1) is 15.5. The third-order valence-electron chi connectivity index (χ3n) is 2.67. The Morgan fingerprint density at radius 2 is 1.29 bits per heavy atom. The average Bonchev–Trinajstić information content (AvgIpc) is 2.38. The number of nitrogens with two attached hydrogens (primary N) is 1. The van der Waals surface area contributed by atoms with Crippen LogP contribution in [0.2, 0.25) is 0 Å². The van der Waals surface area contributed by atoms with Crippen molar-refractivity contribution in [1.29, 1.82) is 0 Å². The summed E-state index contributed by atoms with van der Waals surface area (Å²) in [5.41, 5.74) is 0.923. The summed E-state index contributed by atoms with van der Waals surface area (Å²) in [6, 6.07) is 11.0. The van der Waals surface area contributed by atoms with Crippen LogP contribution in [0.25, 0.3) is 0 Å². The molecule has 0 fully saturated rings. The molecule has 0 bridgehead atoms. The van der Waals surface area contributed by atoms with Gasteiger partial charge >= 0.3 is 10.1 Å². The fourth-order valence-corrected chi connectivity index (χ4v) is 3.01. The molecule has 0 saturated heterocycles. The molecule has 2 aromatic carbocycles. The maximum absolute atomic E-state index is 12.0. The van der Waals surface area contributed by atoms with Gasteiger partial charge in [0.2, 0.25) is 10.0 Å². The van der Waals surface area contributed by atoms with Crippen LogP contribution in [0.5, 0.6) is 5.75 Å². The van der Waals surface area contributed by atoms with E-state index in [4.69, 9.17) is 9.32 Å². The summed E-state index contributed by atoms with van der Waals surface area (Å²) in [5.74, 6) is 0.00275. The van der Waals surface area contributed by atoms with Crippen molar-refractivity contribution in [1.82, 2.24) is 0 Å². The molecule has 0 saturated carbocycles. The molecule has 0 radical (unpaired) electrons. The summed E-state index contributed by atoms with van der Waals surface area (Å²) < 4.78 is 51.2. The lowest BCUT2D eigenvalue weighted by Crippen LogP contribution is -2.12. The highest BCUT2D eigenvalue weighted by Crippen LogP contribution is 2.20. The van der Waals surface area contributed by atoms with Crippen molar-refractivity contribution in [2.75, 3.05) is 0 Å². The van der Waals surface area contributed by atoms with Crippen LogP contribution in [0.4, 0.5) is 0 Å². The van der Waals surface area contributed by atoms with E-state index < -0.39 is 20.1 Å². The second kappa shape index (κ2) is 5.47. The molecule has 0 unspecified atom stereocenters. The molecular formula is C13H13NO5S2. The predicted octanol–water partition coefficient (Wildman–Crippen LogP) is 1.41. The summed E-state index contributed by atoms with van der Waals surface area (Å²) in [7, 11) is -7.78. The normalized spacial score (nSPS) is 12.1. The van der Waals surface area contributed by atoms with Gasteiger partial charge in [-0.15, -0.1) is 0 Å². The quantitative estimate of drug-likeness (QED) is 0.855. The Balaban J connectivity index is 2.27. The van der Waals surface area contributed by atoms with Gasteiger partial charge in [-0.05, 0) is 43.3 Å². The zero-order valence-electron chi connectivity index (χ0n) is 11.1. The molecule has 2 rings (SSSR count). The van der Waals surface area contributed by atoms with Gasteiger partial charge in [-0.3, -0.25) is 0 Å². The average molecular weight is 327 g/mol. The molecule has 0 aromatic heterocycles. The molecule has 8 heteroatoms. The lowest BCUT2D eigenvalue weighted by atomic mass is 10.2. The minimum absolute atomic E-state index is 0.00275. The maximum atomic E-state index is 12.0. The van der Waals surface area contributed by atoms with Crippen LogP contribution >= 0.6 is 0 Å². The zero-order chi connectivity index (χ0) is 15.7. The molecule has 2 N–H and O–H groups in total.